The Hall–Kier alpha value is -1.89. The lowest BCUT2D eigenvalue weighted by Gasteiger charge is -2.26. The summed E-state index contributed by atoms with van der Waals surface area (Å²) in [5.74, 6) is -0.471. The van der Waals surface area contributed by atoms with Crippen LogP contribution in [0.15, 0.2) is 24.3 Å². The molecule has 22 heavy (non-hydrogen) atoms. The van der Waals surface area contributed by atoms with E-state index in [1.807, 2.05) is 6.92 Å². The van der Waals surface area contributed by atoms with Crippen LogP contribution in [0.4, 0.5) is 4.39 Å². The second-order valence-corrected chi connectivity index (χ2v) is 7.79. The third kappa shape index (κ3) is 2.72. The monoisotopic (exact) mass is 324 g/mol. The number of sulfone groups is 1. The van der Waals surface area contributed by atoms with Crippen LogP contribution in [0, 0.1) is 5.82 Å². The SMILES string of the molecule is CCN(C(=O)c1cc2cc(F)ccc2[nH]1)C1CCS(=O)(=O)C1. The van der Waals surface area contributed by atoms with E-state index in [1.165, 1.54) is 12.1 Å². The summed E-state index contributed by atoms with van der Waals surface area (Å²) in [6, 6.07) is 5.59. The van der Waals surface area contributed by atoms with Gasteiger partial charge in [-0.25, -0.2) is 12.8 Å². The second-order valence-electron chi connectivity index (χ2n) is 5.56. The molecule has 2 aromatic rings. The van der Waals surface area contributed by atoms with Crippen LogP contribution < -0.4 is 0 Å². The molecule has 1 saturated heterocycles. The van der Waals surface area contributed by atoms with Crippen LogP contribution in [-0.2, 0) is 9.84 Å². The molecular weight excluding hydrogens is 307 g/mol. The van der Waals surface area contributed by atoms with Gasteiger partial charge in [-0.3, -0.25) is 4.79 Å². The van der Waals surface area contributed by atoms with Crippen molar-refractivity contribution in [1.82, 2.24) is 9.88 Å². The van der Waals surface area contributed by atoms with Crippen LogP contribution in [0.5, 0.6) is 0 Å². The molecule has 1 unspecified atom stereocenters. The standard InChI is InChI=1S/C15H17FN2O3S/c1-2-18(12-5-6-22(20,21)9-12)15(19)14-8-10-7-11(16)3-4-13(10)17-14/h3-4,7-8,12,17H,2,5-6,9H2,1H3. The number of aromatic amines is 1. The number of fused-ring (bicyclic) bond motifs is 1. The molecule has 1 atom stereocenters. The number of hydrogen-bond donors (Lipinski definition) is 1. The predicted molar refractivity (Wildman–Crippen MR) is 82.0 cm³/mol. The summed E-state index contributed by atoms with van der Waals surface area (Å²) in [6.45, 7) is 2.26. The molecule has 118 valence electrons. The highest BCUT2D eigenvalue weighted by Gasteiger charge is 2.34. The van der Waals surface area contributed by atoms with Crippen molar-refractivity contribution >= 4 is 26.6 Å². The molecule has 3 rings (SSSR count). The maximum absolute atomic E-state index is 13.2. The van der Waals surface area contributed by atoms with Crippen molar-refractivity contribution in [2.24, 2.45) is 0 Å². The molecule has 1 aromatic carbocycles. The summed E-state index contributed by atoms with van der Waals surface area (Å²) < 4.78 is 36.4. The number of aromatic nitrogens is 1. The molecule has 0 saturated carbocycles. The number of carbonyl (C=O) groups is 1. The van der Waals surface area contributed by atoms with Gasteiger partial charge in [0, 0.05) is 23.5 Å². The quantitative estimate of drug-likeness (QED) is 0.938. The van der Waals surface area contributed by atoms with Gasteiger partial charge in [-0.2, -0.15) is 0 Å². The average Bonchev–Trinajstić information content (AvgIpc) is 3.02. The number of benzene rings is 1. The van der Waals surface area contributed by atoms with Crippen molar-refractivity contribution in [3.63, 3.8) is 0 Å². The fourth-order valence-corrected chi connectivity index (χ4v) is 4.69. The van der Waals surface area contributed by atoms with Crippen molar-refractivity contribution in [3.8, 4) is 0 Å². The minimum atomic E-state index is -3.05. The third-order valence-corrected chi connectivity index (χ3v) is 5.81. The van der Waals surface area contributed by atoms with Gasteiger partial charge in [0.05, 0.1) is 11.5 Å². The molecule has 0 aliphatic carbocycles. The molecule has 0 radical (unpaired) electrons. The maximum Gasteiger partial charge on any atom is 0.270 e. The molecular formula is C15H17FN2O3S. The number of nitrogens with zero attached hydrogens (tertiary/aromatic N) is 1. The number of rotatable bonds is 3. The van der Waals surface area contributed by atoms with Crippen LogP contribution in [0.2, 0.25) is 0 Å². The third-order valence-electron chi connectivity index (χ3n) is 4.06. The highest BCUT2D eigenvalue weighted by molar-refractivity contribution is 7.91. The van der Waals surface area contributed by atoms with Crippen molar-refractivity contribution in [3.05, 3.63) is 35.8 Å². The molecule has 1 aliphatic heterocycles. The summed E-state index contributed by atoms with van der Waals surface area (Å²) in [6.07, 6.45) is 0.469. The fraction of sp³-hybridized carbons (Fsp3) is 0.400. The summed E-state index contributed by atoms with van der Waals surface area (Å²) in [4.78, 5) is 17.2. The van der Waals surface area contributed by atoms with Gasteiger partial charge in [0.2, 0.25) is 0 Å². The topological polar surface area (TPSA) is 70.2 Å². The zero-order chi connectivity index (χ0) is 15.9. The molecule has 1 aliphatic rings. The number of hydrogen-bond acceptors (Lipinski definition) is 3. The fourth-order valence-electron chi connectivity index (χ4n) is 2.96. The van der Waals surface area contributed by atoms with E-state index in [2.05, 4.69) is 4.98 Å². The van der Waals surface area contributed by atoms with Crippen LogP contribution in [0.3, 0.4) is 0 Å². The number of amides is 1. The number of halogens is 1. The normalized spacial score (nSPS) is 20.4. The minimum Gasteiger partial charge on any atom is -0.351 e. The minimum absolute atomic E-state index is 0.0153. The Kier molecular flexibility index (Phi) is 3.68. The largest absolute Gasteiger partial charge is 0.351 e. The van der Waals surface area contributed by atoms with Crippen molar-refractivity contribution in [2.75, 3.05) is 18.1 Å². The first-order chi connectivity index (χ1) is 10.4. The molecule has 2 heterocycles. The van der Waals surface area contributed by atoms with Gasteiger partial charge in [0.15, 0.2) is 9.84 Å². The van der Waals surface area contributed by atoms with Crippen LogP contribution >= 0.6 is 0 Å². The highest BCUT2D eigenvalue weighted by Crippen LogP contribution is 2.22. The van der Waals surface area contributed by atoms with Gasteiger partial charge < -0.3 is 9.88 Å². The average molecular weight is 324 g/mol. The van der Waals surface area contributed by atoms with Crippen LogP contribution in [-0.4, -0.2) is 48.3 Å². The Morgan fingerprint density at radius 3 is 2.82 bits per heavy atom. The van der Waals surface area contributed by atoms with Crippen molar-refractivity contribution in [2.45, 2.75) is 19.4 Å². The number of carbonyl (C=O) groups excluding carboxylic acids is 1. The molecule has 0 spiro atoms. The first kappa shape index (κ1) is 15.0. The lowest BCUT2D eigenvalue weighted by molar-refractivity contribution is 0.0703. The van der Waals surface area contributed by atoms with Gasteiger partial charge >= 0.3 is 0 Å². The van der Waals surface area contributed by atoms with Gasteiger partial charge in [-0.1, -0.05) is 0 Å². The Morgan fingerprint density at radius 2 is 2.18 bits per heavy atom. The van der Waals surface area contributed by atoms with E-state index in [-0.39, 0.29) is 29.3 Å². The van der Waals surface area contributed by atoms with E-state index in [0.717, 1.165) is 0 Å². The van der Waals surface area contributed by atoms with Gasteiger partial charge in [-0.15, -0.1) is 0 Å². The van der Waals surface area contributed by atoms with Crippen LogP contribution in [0.1, 0.15) is 23.8 Å². The molecule has 0 bridgehead atoms. The number of H-pyrrole nitrogens is 1. The van der Waals surface area contributed by atoms with E-state index in [9.17, 15) is 17.6 Å². The van der Waals surface area contributed by atoms with Crippen LogP contribution in [0.25, 0.3) is 10.9 Å². The molecule has 1 fully saturated rings. The first-order valence-corrected chi connectivity index (χ1v) is 9.01. The molecule has 1 N–H and O–H groups in total. The summed E-state index contributed by atoms with van der Waals surface area (Å²) in [5, 5.41) is 0.624. The molecule has 1 aromatic heterocycles. The Bertz CT molecular complexity index is 828. The van der Waals surface area contributed by atoms with Crippen molar-refractivity contribution < 1.29 is 17.6 Å². The summed E-state index contributed by atoms with van der Waals surface area (Å²) in [5.41, 5.74) is 1.03. The summed E-state index contributed by atoms with van der Waals surface area (Å²) in [7, 11) is -3.05. The first-order valence-electron chi connectivity index (χ1n) is 7.19. The molecule has 1 amide bonds. The van der Waals surface area contributed by atoms with Gasteiger partial charge in [0.25, 0.3) is 5.91 Å². The summed E-state index contributed by atoms with van der Waals surface area (Å²) >= 11 is 0. The number of nitrogens with one attached hydrogen (secondary N) is 1. The van der Waals surface area contributed by atoms with E-state index in [4.69, 9.17) is 0 Å². The maximum atomic E-state index is 13.2. The highest BCUT2D eigenvalue weighted by atomic mass is 32.2. The van der Waals surface area contributed by atoms with Crippen molar-refractivity contribution in [1.29, 1.82) is 0 Å². The van der Waals surface area contributed by atoms with Gasteiger partial charge in [-0.05, 0) is 37.6 Å². The zero-order valence-corrected chi connectivity index (χ0v) is 13.0. The Labute approximate surface area is 128 Å². The zero-order valence-electron chi connectivity index (χ0n) is 12.2. The van der Waals surface area contributed by atoms with E-state index < -0.39 is 9.84 Å². The van der Waals surface area contributed by atoms with E-state index >= 15 is 0 Å². The van der Waals surface area contributed by atoms with Gasteiger partial charge in [0.1, 0.15) is 11.5 Å². The van der Waals surface area contributed by atoms with E-state index in [0.29, 0.717) is 29.6 Å². The smallest absolute Gasteiger partial charge is 0.270 e. The Morgan fingerprint density at radius 1 is 1.41 bits per heavy atom. The lowest BCUT2D eigenvalue weighted by atomic mass is 10.2. The lowest BCUT2D eigenvalue weighted by Crippen LogP contribution is -2.41. The second kappa shape index (κ2) is 5.39. The van der Waals surface area contributed by atoms with E-state index in [1.54, 1.807) is 17.0 Å². The molecule has 5 nitrogen and oxygen atoms in total. The molecule has 7 heteroatoms. The Balaban J connectivity index is 1.90. The predicted octanol–water partition coefficient (Wildman–Crippen LogP) is 1.96.